The van der Waals surface area contributed by atoms with Crippen LogP contribution < -0.4 is 16.0 Å². The summed E-state index contributed by atoms with van der Waals surface area (Å²) in [6.45, 7) is 5.62. The van der Waals surface area contributed by atoms with E-state index in [1.54, 1.807) is 19.3 Å². The average molecular weight is 493 g/mol. The summed E-state index contributed by atoms with van der Waals surface area (Å²) in [5.41, 5.74) is 3.53. The third-order valence-corrected chi connectivity index (χ3v) is 7.11. The Kier molecular flexibility index (Phi) is 7.29. The fourth-order valence-electron chi connectivity index (χ4n) is 4.68. The summed E-state index contributed by atoms with van der Waals surface area (Å²) in [6.07, 6.45) is 10.4. The predicted octanol–water partition coefficient (Wildman–Crippen LogP) is 3.80. The maximum Gasteiger partial charge on any atom is 0.254 e. The number of benzene rings is 1. The van der Waals surface area contributed by atoms with Gasteiger partial charge in [0.1, 0.15) is 5.82 Å². The molecule has 0 spiro atoms. The second kappa shape index (κ2) is 10.8. The number of carbonyl (C=O) groups excluding carboxylic acids is 1. The van der Waals surface area contributed by atoms with Crippen molar-refractivity contribution in [1.29, 1.82) is 5.41 Å². The van der Waals surface area contributed by atoms with E-state index in [1.165, 1.54) is 18.3 Å². The molecule has 1 aliphatic carbocycles. The van der Waals surface area contributed by atoms with Gasteiger partial charge in [-0.25, -0.2) is 4.39 Å². The molecule has 8 nitrogen and oxygen atoms in total. The summed E-state index contributed by atoms with van der Waals surface area (Å²) < 4.78 is 19.8. The molecule has 3 heterocycles. The van der Waals surface area contributed by atoms with Gasteiger partial charge in [-0.3, -0.25) is 14.7 Å². The lowest BCUT2D eigenvalue weighted by molar-refractivity contribution is -0.0705. The molecule has 1 aromatic heterocycles. The molecule has 190 valence electrons. The van der Waals surface area contributed by atoms with Crippen molar-refractivity contribution in [2.45, 2.75) is 50.7 Å². The van der Waals surface area contributed by atoms with Gasteiger partial charge in [0.2, 0.25) is 0 Å². The first-order valence-electron chi connectivity index (χ1n) is 12.6. The Morgan fingerprint density at radius 1 is 1.08 bits per heavy atom. The van der Waals surface area contributed by atoms with E-state index in [4.69, 9.17) is 10.1 Å². The van der Waals surface area contributed by atoms with Crippen molar-refractivity contribution in [3.05, 3.63) is 59.3 Å². The number of nitrogens with zero attached hydrogens (tertiary/aromatic N) is 2. The van der Waals surface area contributed by atoms with Crippen molar-refractivity contribution in [1.82, 2.24) is 15.2 Å². The third-order valence-electron chi connectivity index (χ3n) is 7.11. The van der Waals surface area contributed by atoms with Crippen LogP contribution >= 0.6 is 0 Å². The maximum atomic E-state index is 14.5. The van der Waals surface area contributed by atoms with Gasteiger partial charge in [-0.1, -0.05) is 0 Å². The van der Waals surface area contributed by atoms with Crippen LogP contribution in [0.5, 0.6) is 0 Å². The molecular formula is C27H33FN6O2. The first-order chi connectivity index (χ1) is 17.5. The summed E-state index contributed by atoms with van der Waals surface area (Å²) in [4.78, 5) is 19.3. The van der Waals surface area contributed by atoms with Crippen molar-refractivity contribution >= 4 is 29.1 Å². The number of pyridine rings is 1. The normalized spacial score (nSPS) is 19.4. The number of carbonyl (C=O) groups is 1. The number of piperidine rings is 1. The molecule has 4 N–H and O–H groups in total. The lowest BCUT2D eigenvalue weighted by atomic mass is 9.98. The van der Waals surface area contributed by atoms with Gasteiger partial charge in [0.05, 0.1) is 48.6 Å². The Morgan fingerprint density at radius 3 is 2.50 bits per heavy atom. The zero-order valence-corrected chi connectivity index (χ0v) is 20.5. The van der Waals surface area contributed by atoms with Crippen molar-refractivity contribution in [2.24, 2.45) is 0 Å². The van der Waals surface area contributed by atoms with Crippen LogP contribution in [-0.4, -0.2) is 66.4 Å². The number of nitrogens with one attached hydrogen (secondary N) is 4. The first kappa shape index (κ1) is 24.4. The molecule has 0 bridgehead atoms. The van der Waals surface area contributed by atoms with E-state index in [-0.39, 0.29) is 11.6 Å². The quantitative estimate of drug-likeness (QED) is 0.397. The number of aryl methyl sites for hydroxylation is 1. The number of ether oxygens (including phenoxy) is 1. The van der Waals surface area contributed by atoms with Crippen molar-refractivity contribution in [3.63, 3.8) is 0 Å². The number of aromatic nitrogens is 1. The molecule has 1 saturated carbocycles. The second-order valence-electron chi connectivity index (χ2n) is 9.89. The minimum Gasteiger partial charge on any atom is -0.381 e. The molecule has 3 fully saturated rings. The predicted molar refractivity (Wildman–Crippen MR) is 139 cm³/mol. The number of hydrogen-bond acceptors (Lipinski definition) is 7. The van der Waals surface area contributed by atoms with E-state index in [0.29, 0.717) is 28.8 Å². The fourth-order valence-corrected chi connectivity index (χ4v) is 4.68. The van der Waals surface area contributed by atoms with Gasteiger partial charge in [-0.15, -0.1) is 0 Å². The second-order valence-corrected chi connectivity index (χ2v) is 9.89. The van der Waals surface area contributed by atoms with Crippen molar-refractivity contribution in [2.75, 3.05) is 36.9 Å². The molecule has 0 unspecified atom stereocenters. The van der Waals surface area contributed by atoms with E-state index in [1.807, 2.05) is 12.3 Å². The molecular weight excluding hydrogens is 459 g/mol. The smallest absolute Gasteiger partial charge is 0.254 e. The third kappa shape index (κ3) is 5.74. The van der Waals surface area contributed by atoms with Gasteiger partial charge >= 0.3 is 0 Å². The summed E-state index contributed by atoms with van der Waals surface area (Å²) in [6, 6.07) is 5.99. The number of amides is 1. The van der Waals surface area contributed by atoms with Crippen LogP contribution in [0.3, 0.4) is 0 Å². The van der Waals surface area contributed by atoms with E-state index >= 15 is 0 Å². The Labute approximate surface area is 210 Å². The number of halogens is 1. The highest BCUT2D eigenvalue weighted by atomic mass is 19.1. The lowest BCUT2D eigenvalue weighted by Crippen LogP contribution is -2.53. The Balaban J connectivity index is 1.24. The summed E-state index contributed by atoms with van der Waals surface area (Å²) in [7, 11) is 0. The average Bonchev–Trinajstić information content (AvgIpc) is 3.65. The van der Waals surface area contributed by atoms with Gasteiger partial charge in [-0.2, -0.15) is 0 Å². The summed E-state index contributed by atoms with van der Waals surface area (Å²) in [5.74, 6) is -0.968. The molecule has 9 heteroatoms. The van der Waals surface area contributed by atoms with E-state index in [9.17, 15) is 9.18 Å². The van der Waals surface area contributed by atoms with Crippen LogP contribution in [0.4, 0.5) is 15.8 Å². The van der Waals surface area contributed by atoms with E-state index in [0.717, 1.165) is 63.4 Å². The number of anilines is 2. The molecule has 2 saturated heterocycles. The van der Waals surface area contributed by atoms with Gasteiger partial charge in [-0.05, 0) is 61.9 Å². The minimum atomic E-state index is -0.554. The molecule has 5 rings (SSSR count). The number of rotatable bonds is 9. The monoisotopic (exact) mass is 492 g/mol. The van der Waals surface area contributed by atoms with Crippen LogP contribution in [0.15, 0.2) is 36.8 Å². The van der Waals surface area contributed by atoms with Gasteiger partial charge < -0.3 is 26.1 Å². The molecule has 2 aliphatic heterocycles. The minimum absolute atomic E-state index is 0.000930. The largest absolute Gasteiger partial charge is 0.381 e. The van der Waals surface area contributed by atoms with E-state index in [2.05, 4.69) is 25.8 Å². The van der Waals surface area contributed by atoms with Crippen LogP contribution in [0, 0.1) is 18.2 Å². The lowest BCUT2D eigenvalue weighted by Gasteiger charge is -2.41. The summed E-state index contributed by atoms with van der Waals surface area (Å²) in [5, 5.41) is 17.6. The van der Waals surface area contributed by atoms with E-state index < -0.39 is 11.7 Å². The molecule has 36 heavy (non-hydrogen) atoms. The molecule has 2 aromatic rings. The number of likely N-dealkylation sites (tertiary alicyclic amines) is 1. The molecule has 1 amide bonds. The topological polar surface area (TPSA) is 102 Å². The van der Waals surface area contributed by atoms with Crippen LogP contribution in [-0.2, 0) is 4.74 Å². The molecule has 3 aliphatic rings. The van der Waals surface area contributed by atoms with Gasteiger partial charge in [0, 0.05) is 43.2 Å². The highest BCUT2D eigenvalue weighted by molar-refractivity contribution is 6.10. The molecule has 1 aromatic carbocycles. The highest BCUT2D eigenvalue weighted by Gasteiger charge is 2.29. The zero-order chi connectivity index (χ0) is 25.1. The Hall–Kier alpha value is -3.30. The van der Waals surface area contributed by atoms with Crippen LogP contribution in [0.25, 0.3) is 5.57 Å². The van der Waals surface area contributed by atoms with Crippen molar-refractivity contribution < 1.29 is 13.9 Å². The Bertz CT molecular complexity index is 1150. The van der Waals surface area contributed by atoms with Gasteiger partial charge in [0.25, 0.3) is 5.91 Å². The maximum absolute atomic E-state index is 14.5. The Morgan fingerprint density at radius 2 is 1.83 bits per heavy atom. The van der Waals surface area contributed by atoms with Gasteiger partial charge in [0.15, 0.2) is 0 Å². The number of hydrogen-bond donors (Lipinski definition) is 4. The summed E-state index contributed by atoms with van der Waals surface area (Å²) >= 11 is 0. The van der Waals surface area contributed by atoms with Crippen LogP contribution in [0.2, 0.25) is 0 Å². The SMILES string of the molecule is Cc1cc(F)c(C(=O)NC2CC2)cc1/C(C=N)=C/Nc1cncc(NC2CCN(C3COC3)CC2)c1. The first-order valence-corrected chi connectivity index (χ1v) is 12.6. The van der Waals surface area contributed by atoms with Crippen LogP contribution in [0.1, 0.15) is 47.2 Å². The standard InChI is InChI=1S/C27H33FN6O2/c1-17-8-26(28)25(27(35)33-19-2-3-19)10-24(17)18(11-29)12-31-21-9-22(14-30-13-21)32-20-4-6-34(7-5-20)23-15-36-16-23/h8-14,19-20,23,29,31-32H,2-7,15-16H2,1H3,(H,33,35)/b18-12+,29-11?. The highest BCUT2D eigenvalue weighted by Crippen LogP contribution is 2.25. The zero-order valence-electron chi connectivity index (χ0n) is 20.5. The fraction of sp³-hybridized carbons (Fsp3) is 0.444. The molecule has 0 atom stereocenters. The van der Waals surface area contributed by atoms with Crippen molar-refractivity contribution in [3.8, 4) is 0 Å². The molecule has 0 radical (unpaired) electrons. The number of allylic oxidation sites excluding steroid dienone is 1.